The molecule has 5 rings (SSSR count). The third kappa shape index (κ3) is 2.14. The molecule has 0 amide bonds. The van der Waals surface area contributed by atoms with E-state index >= 15 is 0 Å². The Labute approximate surface area is 113 Å². The van der Waals surface area contributed by atoms with Gasteiger partial charge >= 0.3 is 0 Å². The van der Waals surface area contributed by atoms with Crippen LogP contribution in [0.25, 0.3) is 0 Å². The molecule has 0 radical (unpaired) electrons. The van der Waals surface area contributed by atoms with E-state index in [1.807, 2.05) is 0 Å². The van der Waals surface area contributed by atoms with Gasteiger partial charge in [0.1, 0.15) is 5.82 Å². The highest BCUT2D eigenvalue weighted by atomic mass is 15.3. The third-order valence-corrected chi connectivity index (χ3v) is 5.45. The first-order chi connectivity index (χ1) is 9.21. The number of H-pyrrole nitrogens is 1. The lowest BCUT2D eigenvalue weighted by molar-refractivity contribution is -0.0193. The van der Waals surface area contributed by atoms with Crippen LogP contribution in [0.5, 0.6) is 0 Å². The maximum Gasteiger partial charge on any atom is 0.239 e. The van der Waals surface area contributed by atoms with Gasteiger partial charge in [-0.05, 0) is 56.3 Å². The van der Waals surface area contributed by atoms with Gasteiger partial charge in [0, 0.05) is 18.5 Å². The van der Waals surface area contributed by atoms with Crippen molar-refractivity contribution >= 4 is 5.95 Å². The molecular weight excluding hydrogens is 238 g/mol. The van der Waals surface area contributed by atoms with Gasteiger partial charge in [0.2, 0.25) is 5.95 Å². The molecule has 4 aliphatic rings. The van der Waals surface area contributed by atoms with Crippen LogP contribution in [0.3, 0.4) is 0 Å². The minimum atomic E-state index is 0.352. The summed E-state index contributed by atoms with van der Waals surface area (Å²) in [6, 6.07) is 0. The number of nitrogens with zero attached hydrogens (tertiary/aromatic N) is 2. The molecule has 5 nitrogen and oxygen atoms in total. The normalized spacial score (nSPS) is 39.9. The number of hydrogen-bond acceptors (Lipinski definition) is 4. The first kappa shape index (κ1) is 11.7. The van der Waals surface area contributed by atoms with Crippen LogP contribution in [-0.2, 0) is 6.42 Å². The Balaban J connectivity index is 1.37. The van der Waals surface area contributed by atoms with Gasteiger partial charge in [0.25, 0.3) is 0 Å². The fourth-order valence-electron chi connectivity index (χ4n) is 5.20. The predicted molar refractivity (Wildman–Crippen MR) is 73.4 cm³/mol. The molecule has 19 heavy (non-hydrogen) atoms. The van der Waals surface area contributed by atoms with E-state index in [-0.39, 0.29) is 0 Å². The number of nitrogens with one attached hydrogen (secondary N) is 2. The van der Waals surface area contributed by atoms with Gasteiger partial charge in [-0.2, -0.15) is 4.98 Å². The summed E-state index contributed by atoms with van der Waals surface area (Å²) in [7, 11) is 0. The molecule has 0 unspecified atom stereocenters. The second-order valence-corrected chi connectivity index (χ2v) is 7.01. The maximum absolute atomic E-state index is 5.52. The highest BCUT2D eigenvalue weighted by molar-refractivity contribution is 5.13. The average Bonchev–Trinajstić information content (AvgIpc) is 2.73. The zero-order valence-electron chi connectivity index (χ0n) is 11.4. The number of hydrogen-bond donors (Lipinski definition) is 3. The van der Waals surface area contributed by atoms with Gasteiger partial charge in [-0.1, -0.05) is 0 Å². The fraction of sp³-hybridized carbons (Fsp3) is 0.857. The molecule has 5 heteroatoms. The topological polar surface area (TPSA) is 79.6 Å². The molecule has 0 aliphatic heterocycles. The fourth-order valence-corrected chi connectivity index (χ4v) is 5.20. The van der Waals surface area contributed by atoms with Crippen LogP contribution in [0, 0.1) is 17.8 Å². The van der Waals surface area contributed by atoms with Gasteiger partial charge < -0.3 is 11.1 Å². The maximum atomic E-state index is 5.52. The van der Waals surface area contributed by atoms with Crippen molar-refractivity contribution < 1.29 is 0 Å². The minimum absolute atomic E-state index is 0.352. The summed E-state index contributed by atoms with van der Waals surface area (Å²) >= 11 is 0. The van der Waals surface area contributed by atoms with Crippen molar-refractivity contribution in [1.29, 1.82) is 0 Å². The largest absolute Gasteiger partial charge is 0.367 e. The van der Waals surface area contributed by atoms with Gasteiger partial charge in [0.15, 0.2) is 0 Å². The lowest BCUT2D eigenvalue weighted by Gasteiger charge is -2.57. The Bertz CT molecular complexity index is 431. The lowest BCUT2D eigenvalue weighted by atomic mass is 9.53. The lowest BCUT2D eigenvalue weighted by Crippen LogP contribution is -2.58. The summed E-state index contributed by atoms with van der Waals surface area (Å²) in [6.07, 6.45) is 9.59. The number of rotatable bonds is 4. The smallest absolute Gasteiger partial charge is 0.239 e. The van der Waals surface area contributed by atoms with Gasteiger partial charge in [-0.25, -0.2) is 0 Å². The molecule has 0 atom stereocenters. The first-order valence-electron chi connectivity index (χ1n) is 7.63. The Hall–Kier alpha value is -1.10. The Kier molecular flexibility index (Phi) is 2.59. The standard InChI is InChI=1S/C14H23N5/c15-13-17-12(18-19-13)1-2-16-14-6-9-3-10(7-14)5-11(4-9)8-14/h9-11,16H,1-8H2,(H3,15,17,18,19). The molecule has 1 heterocycles. The molecular formula is C14H23N5. The zero-order chi connectivity index (χ0) is 12.9. The average molecular weight is 261 g/mol. The van der Waals surface area contributed by atoms with Gasteiger partial charge in [0.05, 0.1) is 0 Å². The molecule has 4 saturated carbocycles. The van der Waals surface area contributed by atoms with E-state index in [4.69, 9.17) is 5.73 Å². The summed E-state index contributed by atoms with van der Waals surface area (Å²) in [5, 5.41) is 10.6. The van der Waals surface area contributed by atoms with Crippen molar-refractivity contribution in [1.82, 2.24) is 20.5 Å². The molecule has 0 spiro atoms. The Morgan fingerprint density at radius 3 is 2.32 bits per heavy atom. The molecule has 104 valence electrons. The van der Waals surface area contributed by atoms with E-state index in [2.05, 4.69) is 20.5 Å². The minimum Gasteiger partial charge on any atom is -0.367 e. The number of nitrogen functional groups attached to an aromatic ring is 1. The molecule has 1 aromatic rings. The number of aromatic nitrogens is 3. The van der Waals surface area contributed by atoms with Crippen LogP contribution >= 0.6 is 0 Å². The van der Waals surface area contributed by atoms with Crippen LogP contribution in [0.1, 0.15) is 44.3 Å². The monoisotopic (exact) mass is 261 g/mol. The quantitative estimate of drug-likeness (QED) is 0.767. The molecule has 4 aliphatic carbocycles. The number of nitrogens with two attached hydrogens (primary N) is 1. The summed E-state index contributed by atoms with van der Waals surface area (Å²) in [6.45, 7) is 0.987. The van der Waals surface area contributed by atoms with E-state index in [0.717, 1.165) is 36.5 Å². The predicted octanol–water partition coefficient (Wildman–Crippen LogP) is 1.49. The molecule has 4 fully saturated rings. The molecule has 4 N–H and O–H groups in total. The number of aromatic amines is 1. The highest BCUT2D eigenvalue weighted by Gasteiger charge is 2.50. The van der Waals surface area contributed by atoms with Crippen LogP contribution in [0.2, 0.25) is 0 Å². The van der Waals surface area contributed by atoms with Gasteiger partial charge in [-0.15, -0.1) is 5.10 Å². The second kappa shape index (κ2) is 4.20. The number of anilines is 1. The van der Waals surface area contributed by atoms with Crippen LogP contribution < -0.4 is 11.1 Å². The summed E-state index contributed by atoms with van der Waals surface area (Å²) < 4.78 is 0. The molecule has 1 aromatic heterocycles. The van der Waals surface area contributed by atoms with Crippen molar-refractivity contribution in [3.8, 4) is 0 Å². The molecule has 4 bridgehead atoms. The summed E-state index contributed by atoms with van der Waals surface area (Å²) in [5.41, 5.74) is 5.97. The Morgan fingerprint density at radius 1 is 1.16 bits per heavy atom. The summed E-state index contributed by atoms with van der Waals surface area (Å²) in [4.78, 5) is 4.17. The third-order valence-electron chi connectivity index (χ3n) is 5.45. The van der Waals surface area contributed by atoms with Crippen molar-refractivity contribution in [2.75, 3.05) is 12.3 Å². The van der Waals surface area contributed by atoms with E-state index in [0.29, 0.717) is 11.5 Å². The van der Waals surface area contributed by atoms with Crippen molar-refractivity contribution in [2.45, 2.75) is 50.5 Å². The van der Waals surface area contributed by atoms with E-state index in [1.54, 1.807) is 0 Å². The molecule has 0 saturated heterocycles. The van der Waals surface area contributed by atoms with Crippen LogP contribution in [0.15, 0.2) is 0 Å². The van der Waals surface area contributed by atoms with E-state index in [9.17, 15) is 0 Å². The van der Waals surface area contributed by atoms with E-state index in [1.165, 1.54) is 38.5 Å². The van der Waals surface area contributed by atoms with Crippen molar-refractivity contribution in [3.05, 3.63) is 5.82 Å². The molecule has 0 aromatic carbocycles. The second-order valence-electron chi connectivity index (χ2n) is 7.01. The van der Waals surface area contributed by atoms with E-state index < -0.39 is 0 Å². The van der Waals surface area contributed by atoms with Crippen molar-refractivity contribution in [2.24, 2.45) is 17.8 Å². The van der Waals surface area contributed by atoms with Crippen molar-refractivity contribution in [3.63, 3.8) is 0 Å². The SMILES string of the molecule is Nc1n[nH]c(CCNC23CC4CC(CC(C4)C2)C3)n1. The summed E-state index contributed by atoms with van der Waals surface area (Å²) in [5.74, 6) is 4.25. The van der Waals surface area contributed by atoms with Crippen LogP contribution in [-0.4, -0.2) is 27.3 Å². The Morgan fingerprint density at radius 2 is 1.79 bits per heavy atom. The first-order valence-corrected chi connectivity index (χ1v) is 7.63. The van der Waals surface area contributed by atoms with Crippen LogP contribution in [0.4, 0.5) is 5.95 Å². The zero-order valence-corrected chi connectivity index (χ0v) is 11.4. The van der Waals surface area contributed by atoms with Gasteiger partial charge in [-0.3, -0.25) is 5.10 Å². The highest BCUT2D eigenvalue weighted by Crippen LogP contribution is 2.55.